The fraction of sp³-hybridized carbons (Fsp3) is 0.250. The number of alkyl halides is 3. The molecule has 0 saturated carbocycles. The fourth-order valence-corrected chi connectivity index (χ4v) is 0.893. The van der Waals surface area contributed by atoms with Crippen molar-refractivity contribution in [2.75, 3.05) is 7.11 Å². The maximum Gasteiger partial charge on any atom is 0.573 e. The molecule has 2 radical (unpaired) electrons. The van der Waals surface area contributed by atoms with Gasteiger partial charge in [-0.25, -0.2) is 0 Å². The van der Waals surface area contributed by atoms with Crippen LogP contribution in [0.5, 0.6) is 11.5 Å². The summed E-state index contributed by atoms with van der Waals surface area (Å²) in [7, 11) is 6.58. The maximum absolute atomic E-state index is 11.8. The van der Waals surface area contributed by atoms with E-state index in [9.17, 15) is 13.2 Å². The van der Waals surface area contributed by atoms with Crippen LogP contribution in [0, 0.1) is 0 Å². The van der Waals surface area contributed by atoms with E-state index in [1.165, 1.54) is 19.2 Å². The monoisotopic (exact) mass is 202 g/mol. The molecule has 0 amide bonds. The summed E-state index contributed by atoms with van der Waals surface area (Å²) < 4.78 is 43.9. The summed E-state index contributed by atoms with van der Waals surface area (Å²) in [6.07, 6.45) is -4.73. The van der Waals surface area contributed by atoms with E-state index in [0.717, 1.165) is 6.07 Å². The lowest BCUT2D eigenvalue weighted by Gasteiger charge is -2.12. The second-order valence-electron chi connectivity index (χ2n) is 2.46. The van der Waals surface area contributed by atoms with Crippen molar-refractivity contribution in [1.82, 2.24) is 0 Å². The predicted molar refractivity (Wildman–Crippen MR) is 45.1 cm³/mol. The van der Waals surface area contributed by atoms with Gasteiger partial charge in [-0.05, 0) is 12.1 Å². The zero-order chi connectivity index (χ0) is 10.8. The largest absolute Gasteiger partial charge is 0.573 e. The summed E-state index contributed by atoms with van der Waals surface area (Å²) in [5, 5.41) is 0. The molecule has 0 fully saturated rings. The first-order valence-electron chi connectivity index (χ1n) is 3.61. The molecule has 74 valence electrons. The lowest BCUT2D eigenvalue weighted by atomic mass is 9.96. The summed E-state index contributed by atoms with van der Waals surface area (Å²) in [5.41, 5.74) is 0.302. The molecule has 1 aromatic rings. The van der Waals surface area contributed by atoms with Crippen molar-refractivity contribution in [2.45, 2.75) is 6.36 Å². The Hall–Kier alpha value is -1.33. The molecule has 6 heteroatoms. The zero-order valence-corrected chi connectivity index (χ0v) is 7.26. The number of rotatable bonds is 2. The highest BCUT2D eigenvalue weighted by Crippen LogP contribution is 2.30. The first kappa shape index (κ1) is 10.8. The molecule has 0 aliphatic rings. The van der Waals surface area contributed by atoms with Gasteiger partial charge in [0.05, 0.1) is 7.11 Å². The van der Waals surface area contributed by atoms with Crippen LogP contribution < -0.4 is 14.9 Å². The number of halogens is 3. The average molecular weight is 202 g/mol. The van der Waals surface area contributed by atoms with Gasteiger partial charge in [-0.15, -0.1) is 13.2 Å². The molecule has 0 aliphatic carbocycles. The van der Waals surface area contributed by atoms with Crippen LogP contribution in [0.2, 0.25) is 0 Å². The molecule has 0 atom stereocenters. The summed E-state index contributed by atoms with van der Waals surface area (Å²) in [4.78, 5) is 0. The van der Waals surface area contributed by atoms with E-state index < -0.39 is 12.1 Å². The molecule has 0 aromatic heterocycles. The van der Waals surface area contributed by atoms with Crippen molar-refractivity contribution in [3.63, 3.8) is 0 Å². The smallest absolute Gasteiger partial charge is 0.493 e. The van der Waals surface area contributed by atoms with Gasteiger partial charge >= 0.3 is 6.36 Å². The van der Waals surface area contributed by atoms with E-state index in [4.69, 9.17) is 7.85 Å². The van der Waals surface area contributed by atoms with Gasteiger partial charge in [0.25, 0.3) is 0 Å². The Bertz CT molecular complexity index is 325. The highest BCUT2D eigenvalue weighted by atomic mass is 19.4. The molecular formula is C8H6BF3O2. The predicted octanol–water partition coefficient (Wildman–Crippen LogP) is 1.39. The maximum atomic E-state index is 11.8. The van der Waals surface area contributed by atoms with Gasteiger partial charge in [-0.2, -0.15) is 0 Å². The molecule has 0 N–H and O–H groups in total. The van der Waals surface area contributed by atoms with Gasteiger partial charge < -0.3 is 9.47 Å². The molecule has 0 spiro atoms. The van der Waals surface area contributed by atoms with E-state index in [2.05, 4.69) is 9.47 Å². The normalized spacial score (nSPS) is 11.1. The minimum absolute atomic E-state index is 0.0534. The fourth-order valence-electron chi connectivity index (χ4n) is 0.893. The number of hydrogen-bond acceptors (Lipinski definition) is 2. The SMILES string of the molecule is [B]c1ccc(OC(F)(F)F)c(OC)c1. The Balaban J connectivity index is 2.97. The molecule has 1 rings (SSSR count). The molecule has 14 heavy (non-hydrogen) atoms. The Morgan fingerprint density at radius 3 is 2.36 bits per heavy atom. The molecule has 0 bridgehead atoms. The highest BCUT2D eigenvalue weighted by Gasteiger charge is 2.32. The third-order valence-electron chi connectivity index (χ3n) is 1.41. The lowest BCUT2D eigenvalue weighted by molar-refractivity contribution is -0.275. The van der Waals surface area contributed by atoms with E-state index in [0.29, 0.717) is 5.46 Å². The van der Waals surface area contributed by atoms with Gasteiger partial charge in [0.15, 0.2) is 11.5 Å². The van der Waals surface area contributed by atoms with Crippen LogP contribution in [0.15, 0.2) is 18.2 Å². The van der Waals surface area contributed by atoms with Crippen LogP contribution in [-0.2, 0) is 0 Å². The summed E-state index contributed by atoms with van der Waals surface area (Å²) >= 11 is 0. The van der Waals surface area contributed by atoms with Gasteiger partial charge in [0.1, 0.15) is 7.85 Å². The van der Waals surface area contributed by atoms with Crippen molar-refractivity contribution in [2.24, 2.45) is 0 Å². The van der Waals surface area contributed by atoms with E-state index in [1.807, 2.05) is 0 Å². The van der Waals surface area contributed by atoms with E-state index in [1.54, 1.807) is 0 Å². The van der Waals surface area contributed by atoms with Crippen molar-refractivity contribution in [3.05, 3.63) is 18.2 Å². The molecule has 0 aliphatic heterocycles. The summed E-state index contributed by atoms with van der Waals surface area (Å²) in [6.45, 7) is 0. The second-order valence-corrected chi connectivity index (χ2v) is 2.46. The van der Waals surface area contributed by atoms with Crippen LogP contribution in [0.3, 0.4) is 0 Å². The van der Waals surface area contributed by atoms with Crippen LogP contribution in [0.25, 0.3) is 0 Å². The number of benzene rings is 1. The number of hydrogen-bond donors (Lipinski definition) is 0. The van der Waals surface area contributed by atoms with Gasteiger partial charge in [0, 0.05) is 0 Å². The first-order valence-corrected chi connectivity index (χ1v) is 3.61. The Labute approximate surface area is 80.0 Å². The molecular weight excluding hydrogens is 196 g/mol. The van der Waals surface area contributed by atoms with Crippen LogP contribution in [-0.4, -0.2) is 21.3 Å². The number of ether oxygens (including phenoxy) is 2. The van der Waals surface area contributed by atoms with Crippen LogP contribution >= 0.6 is 0 Å². The van der Waals surface area contributed by atoms with Crippen LogP contribution in [0.1, 0.15) is 0 Å². The van der Waals surface area contributed by atoms with Crippen molar-refractivity contribution < 1.29 is 22.6 Å². The third-order valence-corrected chi connectivity index (χ3v) is 1.41. The molecule has 0 saturated heterocycles. The van der Waals surface area contributed by atoms with Crippen molar-refractivity contribution in [1.29, 1.82) is 0 Å². The Morgan fingerprint density at radius 1 is 1.21 bits per heavy atom. The van der Waals surface area contributed by atoms with E-state index in [-0.39, 0.29) is 5.75 Å². The van der Waals surface area contributed by atoms with E-state index >= 15 is 0 Å². The van der Waals surface area contributed by atoms with Gasteiger partial charge in [-0.3, -0.25) is 0 Å². The standard InChI is InChI=1S/C8H6BF3O2/c1-13-7-4-5(9)2-3-6(7)14-8(10,11)12/h2-4H,1H3. The average Bonchev–Trinajstić information content (AvgIpc) is 2.06. The Kier molecular flexibility index (Phi) is 2.93. The first-order chi connectivity index (χ1) is 6.42. The van der Waals surface area contributed by atoms with Crippen molar-refractivity contribution >= 4 is 13.3 Å². The molecule has 1 aromatic carbocycles. The lowest BCUT2D eigenvalue weighted by Crippen LogP contribution is -2.18. The molecule has 0 heterocycles. The highest BCUT2D eigenvalue weighted by molar-refractivity contribution is 6.32. The Morgan fingerprint density at radius 2 is 1.86 bits per heavy atom. The van der Waals surface area contributed by atoms with Gasteiger partial charge in [0.2, 0.25) is 0 Å². The minimum Gasteiger partial charge on any atom is -0.493 e. The summed E-state index contributed by atoms with van der Waals surface area (Å²) in [5.74, 6) is -0.462. The number of methoxy groups -OCH3 is 1. The van der Waals surface area contributed by atoms with Crippen molar-refractivity contribution in [3.8, 4) is 11.5 Å². The third kappa shape index (κ3) is 2.87. The minimum atomic E-state index is -4.73. The topological polar surface area (TPSA) is 18.5 Å². The van der Waals surface area contributed by atoms with Crippen LogP contribution in [0.4, 0.5) is 13.2 Å². The van der Waals surface area contributed by atoms with Gasteiger partial charge in [-0.1, -0.05) is 11.5 Å². The zero-order valence-electron chi connectivity index (χ0n) is 7.26. The second kappa shape index (κ2) is 3.81. The molecule has 0 unspecified atom stereocenters. The summed E-state index contributed by atoms with van der Waals surface area (Å²) in [6, 6.07) is 3.65. The molecule has 2 nitrogen and oxygen atoms in total. The quantitative estimate of drug-likeness (QED) is 0.674.